The highest BCUT2D eigenvalue weighted by Crippen LogP contribution is 2.19. The van der Waals surface area contributed by atoms with Gasteiger partial charge in [-0.3, -0.25) is 0 Å². The van der Waals surface area contributed by atoms with E-state index in [4.69, 9.17) is 4.74 Å². The van der Waals surface area contributed by atoms with Gasteiger partial charge in [0.2, 0.25) is 10.0 Å². The fourth-order valence-corrected chi connectivity index (χ4v) is 3.90. The molecule has 0 spiro atoms. The van der Waals surface area contributed by atoms with Gasteiger partial charge >= 0.3 is 0 Å². The van der Waals surface area contributed by atoms with Crippen molar-refractivity contribution in [3.63, 3.8) is 0 Å². The topological polar surface area (TPSA) is 46.6 Å². The highest BCUT2D eigenvalue weighted by Gasteiger charge is 2.27. The lowest BCUT2D eigenvalue weighted by atomic mass is 10.1. The van der Waals surface area contributed by atoms with Crippen LogP contribution in [-0.2, 0) is 20.5 Å². The summed E-state index contributed by atoms with van der Waals surface area (Å²) >= 11 is 0. The molecular formula is C14H21NO3S. The number of hydrogen-bond donors (Lipinski definition) is 0. The molecule has 0 aliphatic carbocycles. The molecule has 0 unspecified atom stereocenters. The van der Waals surface area contributed by atoms with E-state index in [9.17, 15) is 8.42 Å². The summed E-state index contributed by atoms with van der Waals surface area (Å²) < 4.78 is 31.5. The molecule has 1 saturated heterocycles. The fourth-order valence-electron chi connectivity index (χ4n) is 2.33. The molecule has 0 bridgehead atoms. The van der Waals surface area contributed by atoms with E-state index in [-0.39, 0.29) is 11.9 Å². The van der Waals surface area contributed by atoms with Crippen LogP contribution in [0.1, 0.15) is 24.0 Å². The summed E-state index contributed by atoms with van der Waals surface area (Å²) in [4.78, 5) is 0. The zero-order valence-electron chi connectivity index (χ0n) is 11.5. The van der Waals surface area contributed by atoms with Gasteiger partial charge in [0, 0.05) is 20.2 Å². The van der Waals surface area contributed by atoms with Crippen LogP contribution in [0.15, 0.2) is 24.3 Å². The van der Waals surface area contributed by atoms with Crippen LogP contribution < -0.4 is 0 Å². The zero-order chi connectivity index (χ0) is 13.9. The van der Waals surface area contributed by atoms with Crippen LogP contribution in [0.5, 0.6) is 0 Å². The molecule has 0 aromatic heterocycles. The maximum Gasteiger partial charge on any atom is 0.218 e. The normalized spacial score (nSPS) is 18.6. The molecule has 1 aromatic rings. The van der Waals surface area contributed by atoms with Gasteiger partial charge in [-0.05, 0) is 25.3 Å². The van der Waals surface area contributed by atoms with E-state index in [0.717, 1.165) is 24.0 Å². The SMILES string of the molecule is COC1CCN(S(=O)(=O)Cc2ccc(C)cc2)CC1. The Hall–Kier alpha value is -0.910. The van der Waals surface area contributed by atoms with Crippen LogP contribution in [0.2, 0.25) is 0 Å². The Labute approximate surface area is 115 Å². The largest absolute Gasteiger partial charge is 0.381 e. The first-order chi connectivity index (χ1) is 9.01. The summed E-state index contributed by atoms with van der Waals surface area (Å²) in [6.07, 6.45) is 1.76. The van der Waals surface area contributed by atoms with E-state index in [2.05, 4.69) is 0 Å². The number of rotatable bonds is 4. The number of piperidine rings is 1. The molecule has 106 valence electrons. The lowest BCUT2D eigenvalue weighted by Crippen LogP contribution is -2.41. The molecule has 2 rings (SSSR count). The van der Waals surface area contributed by atoms with Crippen molar-refractivity contribution in [2.75, 3.05) is 20.2 Å². The smallest absolute Gasteiger partial charge is 0.218 e. The Kier molecular flexibility index (Phi) is 4.60. The lowest BCUT2D eigenvalue weighted by Gasteiger charge is -2.30. The van der Waals surface area contributed by atoms with Crippen molar-refractivity contribution in [2.24, 2.45) is 0 Å². The Bertz CT molecular complexity index is 502. The minimum absolute atomic E-state index is 0.0882. The van der Waals surface area contributed by atoms with Gasteiger partial charge in [0.25, 0.3) is 0 Å². The number of hydrogen-bond acceptors (Lipinski definition) is 3. The van der Waals surface area contributed by atoms with Crippen molar-refractivity contribution in [3.8, 4) is 0 Å². The molecule has 1 heterocycles. The van der Waals surface area contributed by atoms with Crippen molar-refractivity contribution in [1.29, 1.82) is 0 Å². The van der Waals surface area contributed by atoms with E-state index in [0.29, 0.717) is 13.1 Å². The first-order valence-corrected chi connectivity index (χ1v) is 8.18. The number of sulfonamides is 1. The third-order valence-corrected chi connectivity index (χ3v) is 5.45. The second-order valence-corrected chi connectivity index (χ2v) is 7.04. The van der Waals surface area contributed by atoms with Gasteiger partial charge < -0.3 is 4.74 Å². The quantitative estimate of drug-likeness (QED) is 0.848. The van der Waals surface area contributed by atoms with Crippen molar-refractivity contribution in [1.82, 2.24) is 4.31 Å². The molecule has 4 nitrogen and oxygen atoms in total. The van der Waals surface area contributed by atoms with Crippen LogP contribution in [0.4, 0.5) is 0 Å². The van der Waals surface area contributed by atoms with Crippen molar-refractivity contribution < 1.29 is 13.2 Å². The Morgan fingerprint density at radius 3 is 2.32 bits per heavy atom. The number of ether oxygens (including phenoxy) is 1. The maximum absolute atomic E-state index is 12.3. The minimum atomic E-state index is -3.20. The zero-order valence-corrected chi connectivity index (χ0v) is 12.3. The average Bonchev–Trinajstić information content (AvgIpc) is 2.41. The predicted molar refractivity (Wildman–Crippen MR) is 75.4 cm³/mol. The number of nitrogens with zero attached hydrogens (tertiary/aromatic N) is 1. The molecule has 0 amide bonds. The van der Waals surface area contributed by atoms with Crippen molar-refractivity contribution in [2.45, 2.75) is 31.6 Å². The third kappa shape index (κ3) is 3.78. The van der Waals surface area contributed by atoms with Gasteiger partial charge in [0.05, 0.1) is 11.9 Å². The second-order valence-electron chi connectivity index (χ2n) is 5.08. The number of benzene rings is 1. The summed E-state index contributed by atoms with van der Waals surface area (Å²) in [5, 5.41) is 0. The van der Waals surface area contributed by atoms with Gasteiger partial charge in [0.15, 0.2) is 0 Å². The second kappa shape index (κ2) is 6.03. The molecular weight excluding hydrogens is 262 g/mol. The van der Waals surface area contributed by atoms with Gasteiger partial charge in [-0.25, -0.2) is 12.7 Å². The Balaban J connectivity index is 2.01. The molecule has 1 aromatic carbocycles. The Morgan fingerprint density at radius 1 is 1.21 bits per heavy atom. The maximum atomic E-state index is 12.3. The molecule has 1 aliphatic rings. The van der Waals surface area contributed by atoms with E-state index in [1.807, 2.05) is 31.2 Å². The van der Waals surface area contributed by atoms with Gasteiger partial charge in [-0.1, -0.05) is 29.8 Å². The summed E-state index contributed by atoms with van der Waals surface area (Å²) in [7, 11) is -1.52. The van der Waals surface area contributed by atoms with Crippen LogP contribution in [0, 0.1) is 6.92 Å². The minimum Gasteiger partial charge on any atom is -0.381 e. The van der Waals surface area contributed by atoms with Crippen LogP contribution in [0.3, 0.4) is 0 Å². The van der Waals surface area contributed by atoms with Gasteiger partial charge in [-0.2, -0.15) is 0 Å². The molecule has 0 radical (unpaired) electrons. The highest BCUT2D eigenvalue weighted by atomic mass is 32.2. The van der Waals surface area contributed by atoms with Crippen molar-refractivity contribution in [3.05, 3.63) is 35.4 Å². The van der Waals surface area contributed by atoms with E-state index >= 15 is 0 Å². The predicted octanol–water partition coefficient (Wildman–Crippen LogP) is 1.94. The Morgan fingerprint density at radius 2 is 1.79 bits per heavy atom. The third-order valence-electron chi connectivity index (χ3n) is 3.60. The van der Waals surface area contributed by atoms with E-state index in [1.165, 1.54) is 0 Å². The van der Waals surface area contributed by atoms with E-state index in [1.54, 1.807) is 11.4 Å². The van der Waals surface area contributed by atoms with E-state index < -0.39 is 10.0 Å². The number of methoxy groups -OCH3 is 1. The van der Waals surface area contributed by atoms with Gasteiger partial charge in [-0.15, -0.1) is 0 Å². The summed E-state index contributed by atoms with van der Waals surface area (Å²) in [6.45, 7) is 3.12. The fraction of sp³-hybridized carbons (Fsp3) is 0.571. The van der Waals surface area contributed by atoms with Crippen LogP contribution in [-0.4, -0.2) is 39.0 Å². The molecule has 0 atom stereocenters. The molecule has 0 saturated carbocycles. The summed E-state index contributed by atoms with van der Waals surface area (Å²) in [6, 6.07) is 7.66. The molecule has 1 aliphatic heterocycles. The average molecular weight is 283 g/mol. The van der Waals surface area contributed by atoms with Crippen LogP contribution in [0.25, 0.3) is 0 Å². The highest BCUT2D eigenvalue weighted by molar-refractivity contribution is 7.88. The van der Waals surface area contributed by atoms with Crippen molar-refractivity contribution >= 4 is 10.0 Å². The standard InChI is InChI=1S/C14H21NO3S/c1-12-3-5-13(6-4-12)11-19(16,17)15-9-7-14(18-2)8-10-15/h3-6,14H,7-11H2,1-2H3. The monoisotopic (exact) mass is 283 g/mol. The lowest BCUT2D eigenvalue weighted by molar-refractivity contribution is 0.0604. The summed E-state index contributed by atoms with van der Waals surface area (Å²) in [5.41, 5.74) is 1.99. The molecule has 1 fully saturated rings. The number of aryl methyl sites for hydroxylation is 1. The molecule has 0 N–H and O–H groups in total. The van der Waals surface area contributed by atoms with Gasteiger partial charge in [0.1, 0.15) is 0 Å². The first kappa shape index (κ1) is 14.5. The first-order valence-electron chi connectivity index (χ1n) is 6.57. The van der Waals surface area contributed by atoms with Crippen LogP contribution >= 0.6 is 0 Å². The summed E-state index contributed by atoms with van der Waals surface area (Å²) in [5.74, 6) is 0.0882. The molecule has 19 heavy (non-hydrogen) atoms. The molecule has 5 heteroatoms.